The molecule has 1 saturated carbocycles. The van der Waals surface area contributed by atoms with E-state index in [1.165, 1.54) is 0 Å². The van der Waals surface area contributed by atoms with Gasteiger partial charge in [-0.1, -0.05) is 18.0 Å². The third-order valence-electron chi connectivity index (χ3n) is 4.45. The molecule has 1 unspecified atom stereocenters. The molecular weight excluding hydrogens is 244 g/mol. The minimum Gasteiger partial charge on any atom is -0.409 e. The first-order chi connectivity index (χ1) is 9.08. The average Bonchev–Trinajstić information content (AvgIpc) is 2.88. The Morgan fingerprint density at radius 2 is 2.11 bits per heavy atom. The first-order valence-corrected chi connectivity index (χ1v) is 7.06. The molecule has 6 nitrogen and oxygen atoms in total. The van der Waals surface area contributed by atoms with Gasteiger partial charge in [-0.3, -0.25) is 4.79 Å². The molecule has 1 heterocycles. The SMILES string of the molecule is CN1CCCC(NC(=O)C2(C(N)=NO)CCCC2)C1. The number of hydrogen-bond acceptors (Lipinski definition) is 4. The molecule has 2 rings (SSSR count). The predicted octanol–water partition coefficient (Wildman–Crippen LogP) is 0.504. The molecule has 0 spiro atoms. The van der Waals surface area contributed by atoms with Crippen molar-refractivity contribution in [3.8, 4) is 0 Å². The monoisotopic (exact) mass is 268 g/mol. The van der Waals surface area contributed by atoms with Gasteiger partial charge in [0.05, 0.1) is 0 Å². The highest BCUT2D eigenvalue weighted by molar-refractivity contribution is 6.07. The Kier molecular flexibility index (Phi) is 4.29. The summed E-state index contributed by atoms with van der Waals surface area (Å²) in [6.07, 6.45) is 5.36. The summed E-state index contributed by atoms with van der Waals surface area (Å²) in [4.78, 5) is 14.8. The number of carbonyl (C=O) groups excluding carboxylic acids is 1. The standard InChI is InChI=1S/C13H24N4O2/c1-17-8-4-5-10(9-17)15-12(18)13(11(14)16-19)6-2-3-7-13/h10,19H,2-9H2,1H3,(H2,14,16)(H,15,18). The third-order valence-corrected chi connectivity index (χ3v) is 4.45. The van der Waals surface area contributed by atoms with Crippen LogP contribution in [0.4, 0.5) is 0 Å². The quantitative estimate of drug-likeness (QED) is 0.301. The number of carbonyl (C=O) groups is 1. The second-order valence-electron chi connectivity index (χ2n) is 5.85. The number of likely N-dealkylation sites (N-methyl/N-ethyl adjacent to an activating group) is 1. The smallest absolute Gasteiger partial charge is 0.234 e. The Morgan fingerprint density at radius 3 is 2.68 bits per heavy atom. The van der Waals surface area contributed by atoms with Crippen LogP contribution in [-0.2, 0) is 4.79 Å². The van der Waals surface area contributed by atoms with Gasteiger partial charge >= 0.3 is 0 Å². The molecule has 1 aliphatic carbocycles. The Morgan fingerprint density at radius 1 is 1.42 bits per heavy atom. The zero-order valence-electron chi connectivity index (χ0n) is 11.6. The van der Waals surface area contributed by atoms with Crippen LogP contribution in [-0.4, -0.2) is 48.0 Å². The van der Waals surface area contributed by atoms with E-state index in [1.54, 1.807) is 0 Å². The van der Waals surface area contributed by atoms with Gasteiger partial charge in [-0.2, -0.15) is 0 Å². The van der Waals surface area contributed by atoms with Crippen molar-refractivity contribution in [3.05, 3.63) is 0 Å². The van der Waals surface area contributed by atoms with Crippen molar-refractivity contribution in [2.24, 2.45) is 16.3 Å². The Bertz CT molecular complexity index is 364. The summed E-state index contributed by atoms with van der Waals surface area (Å²) < 4.78 is 0. The van der Waals surface area contributed by atoms with E-state index in [1.807, 2.05) is 0 Å². The van der Waals surface area contributed by atoms with Crippen molar-refractivity contribution in [1.29, 1.82) is 0 Å². The van der Waals surface area contributed by atoms with Gasteiger partial charge in [-0.05, 0) is 39.3 Å². The van der Waals surface area contributed by atoms with Crippen LogP contribution in [0.5, 0.6) is 0 Å². The number of oxime groups is 1. The van der Waals surface area contributed by atoms with E-state index >= 15 is 0 Å². The van der Waals surface area contributed by atoms with E-state index in [2.05, 4.69) is 22.4 Å². The highest BCUT2D eigenvalue weighted by atomic mass is 16.4. The molecule has 1 amide bonds. The molecule has 2 aliphatic rings. The zero-order chi connectivity index (χ0) is 13.9. The van der Waals surface area contributed by atoms with Crippen LogP contribution < -0.4 is 11.1 Å². The third kappa shape index (κ3) is 2.83. The van der Waals surface area contributed by atoms with E-state index in [-0.39, 0.29) is 17.8 Å². The van der Waals surface area contributed by atoms with Gasteiger partial charge in [0, 0.05) is 12.6 Å². The lowest BCUT2D eigenvalue weighted by molar-refractivity contribution is -0.128. The molecule has 0 radical (unpaired) electrons. The Balaban J connectivity index is 2.04. The lowest BCUT2D eigenvalue weighted by atomic mass is 9.83. The van der Waals surface area contributed by atoms with Crippen molar-refractivity contribution >= 4 is 11.7 Å². The number of amides is 1. The van der Waals surface area contributed by atoms with Crippen LogP contribution in [0.25, 0.3) is 0 Å². The number of rotatable bonds is 3. The van der Waals surface area contributed by atoms with Crippen LogP contribution in [0.3, 0.4) is 0 Å². The number of amidine groups is 1. The molecule has 1 aliphatic heterocycles. The lowest BCUT2D eigenvalue weighted by Gasteiger charge is -2.33. The first-order valence-electron chi connectivity index (χ1n) is 7.06. The summed E-state index contributed by atoms with van der Waals surface area (Å²) >= 11 is 0. The second-order valence-corrected chi connectivity index (χ2v) is 5.85. The number of hydrogen-bond donors (Lipinski definition) is 3. The number of nitrogens with one attached hydrogen (secondary N) is 1. The summed E-state index contributed by atoms with van der Waals surface area (Å²) in [5.41, 5.74) is 4.99. The fourth-order valence-corrected chi connectivity index (χ4v) is 3.28. The molecule has 0 aromatic rings. The molecule has 2 fully saturated rings. The summed E-state index contributed by atoms with van der Waals surface area (Å²) in [7, 11) is 2.06. The molecule has 1 saturated heterocycles. The van der Waals surface area contributed by atoms with Gasteiger partial charge in [0.15, 0.2) is 5.84 Å². The molecule has 19 heavy (non-hydrogen) atoms. The number of likely N-dealkylation sites (tertiary alicyclic amines) is 1. The highest BCUT2D eigenvalue weighted by Crippen LogP contribution is 2.38. The maximum Gasteiger partial charge on any atom is 0.234 e. The van der Waals surface area contributed by atoms with E-state index < -0.39 is 5.41 Å². The molecule has 4 N–H and O–H groups in total. The summed E-state index contributed by atoms with van der Waals surface area (Å²) in [5, 5.41) is 15.1. The maximum absolute atomic E-state index is 12.5. The van der Waals surface area contributed by atoms with Crippen molar-refractivity contribution in [2.45, 2.75) is 44.6 Å². The van der Waals surface area contributed by atoms with Crippen LogP contribution in [0.15, 0.2) is 5.16 Å². The summed E-state index contributed by atoms with van der Waals surface area (Å²) in [5.74, 6) is -0.00716. The van der Waals surface area contributed by atoms with Gasteiger partial charge in [0.2, 0.25) is 5.91 Å². The largest absolute Gasteiger partial charge is 0.409 e. The van der Waals surface area contributed by atoms with Crippen LogP contribution in [0, 0.1) is 5.41 Å². The van der Waals surface area contributed by atoms with Crippen molar-refractivity contribution in [2.75, 3.05) is 20.1 Å². The molecule has 0 aromatic heterocycles. The van der Waals surface area contributed by atoms with Crippen LogP contribution >= 0.6 is 0 Å². The normalized spacial score (nSPS) is 28.3. The van der Waals surface area contributed by atoms with Gasteiger partial charge < -0.3 is 21.2 Å². The van der Waals surface area contributed by atoms with Gasteiger partial charge in [0.25, 0.3) is 0 Å². The average molecular weight is 268 g/mol. The van der Waals surface area contributed by atoms with Crippen molar-refractivity contribution in [1.82, 2.24) is 10.2 Å². The molecule has 0 aromatic carbocycles. The minimum atomic E-state index is -0.787. The lowest BCUT2D eigenvalue weighted by Crippen LogP contribution is -2.54. The zero-order valence-corrected chi connectivity index (χ0v) is 11.6. The van der Waals surface area contributed by atoms with E-state index in [0.29, 0.717) is 12.8 Å². The maximum atomic E-state index is 12.5. The molecule has 108 valence electrons. The molecule has 6 heteroatoms. The Hall–Kier alpha value is -1.30. The molecule has 0 bridgehead atoms. The summed E-state index contributed by atoms with van der Waals surface area (Å²) in [6, 6.07) is 0.176. The number of nitrogens with two attached hydrogens (primary N) is 1. The van der Waals surface area contributed by atoms with Crippen molar-refractivity contribution < 1.29 is 10.0 Å². The number of nitrogens with zero attached hydrogens (tertiary/aromatic N) is 2. The van der Waals surface area contributed by atoms with Crippen LogP contribution in [0.2, 0.25) is 0 Å². The molecular formula is C13H24N4O2. The van der Waals surface area contributed by atoms with Gasteiger partial charge in [-0.15, -0.1) is 0 Å². The number of piperidine rings is 1. The minimum absolute atomic E-state index is 0.0617. The predicted molar refractivity (Wildman–Crippen MR) is 73.0 cm³/mol. The van der Waals surface area contributed by atoms with E-state index in [0.717, 1.165) is 38.8 Å². The second kappa shape index (κ2) is 5.77. The van der Waals surface area contributed by atoms with E-state index in [9.17, 15) is 4.79 Å². The van der Waals surface area contributed by atoms with Crippen LogP contribution in [0.1, 0.15) is 38.5 Å². The van der Waals surface area contributed by atoms with Gasteiger partial charge in [-0.25, -0.2) is 0 Å². The Labute approximate surface area is 114 Å². The fourth-order valence-electron chi connectivity index (χ4n) is 3.28. The van der Waals surface area contributed by atoms with Crippen molar-refractivity contribution in [3.63, 3.8) is 0 Å². The van der Waals surface area contributed by atoms with E-state index in [4.69, 9.17) is 10.9 Å². The topological polar surface area (TPSA) is 91.0 Å². The highest BCUT2D eigenvalue weighted by Gasteiger charge is 2.46. The molecule has 1 atom stereocenters. The van der Waals surface area contributed by atoms with Gasteiger partial charge in [0.1, 0.15) is 5.41 Å². The summed E-state index contributed by atoms with van der Waals surface area (Å²) in [6.45, 7) is 1.95. The fraction of sp³-hybridized carbons (Fsp3) is 0.846. The first kappa shape index (κ1) is 14.1.